The quantitative estimate of drug-likeness (QED) is 0.654. The highest BCUT2D eigenvalue weighted by Gasteiger charge is 1.87. The highest BCUT2D eigenvalue weighted by atomic mass is 35.5. The van der Waals surface area contributed by atoms with Gasteiger partial charge in [0.2, 0.25) is 0 Å². The Morgan fingerprint density at radius 2 is 2.30 bits per heavy atom. The van der Waals surface area contributed by atoms with Crippen molar-refractivity contribution in [3.05, 3.63) is 30.1 Å². The standard InChI is InChI=1S/C6H8N2O.ClH/c7-9-5-6-3-1-2-4-8-6;/h1-4H,5,7H2;1H. The fourth-order valence-electron chi connectivity index (χ4n) is 0.569. The molecular formula is C6H9ClN2O. The van der Waals surface area contributed by atoms with E-state index in [2.05, 4.69) is 9.82 Å². The Labute approximate surface area is 65.6 Å². The van der Waals surface area contributed by atoms with E-state index in [4.69, 9.17) is 5.90 Å². The van der Waals surface area contributed by atoms with Crippen LogP contribution in [0.4, 0.5) is 0 Å². The lowest BCUT2D eigenvalue weighted by Gasteiger charge is -1.93. The summed E-state index contributed by atoms with van der Waals surface area (Å²) in [6.07, 6.45) is 1.70. The first-order chi connectivity index (χ1) is 4.43. The first-order valence-electron chi connectivity index (χ1n) is 2.65. The predicted molar refractivity (Wildman–Crippen MR) is 40.5 cm³/mol. The summed E-state index contributed by atoms with van der Waals surface area (Å²) in [6.45, 7) is 0.376. The number of rotatable bonds is 2. The third-order valence-electron chi connectivity index (χ3n) is 0.957. The van der Waals surface area contributed by atoms with Crippen molar-refractivity contribution in [2.24, 2.45) is 5.90 Å². The molecule has 0 fully saturated rings. The van der Waals surface area contributed by atoms with E-state index in [9.17, 15) is 0 Å². The minimum Gasteiger partial charge on any atom is -0.298 e. The highest BCUT2D eigenvalue weighted by Crippen LogP contribution is 1.92. The number of nitrogens with two attached hydrogens (primary N) is 1. The smallest absolute Gasteiger partial charge is 0.110 e. The van der Waals surface area contributed by atoms with Crippen LogP contribution < -0.4 is 5.90 Å². The molecule has 1 aromatic heterocycles. The van der Waals surface area contributed by atoms with E-state index in [0.717, 1.165) is 5.69 Å². The van der Waals surface area contributed by atoms with E-state index < -0.39 is 0 Å². The maximum Gasteiger partial charge on any atom is 0.110 e. The zero-order valence-corrected chi connectivity index (χ0v) is 6.17. The molecule has 1 rings (SSSR count). The maximum absolute atomic E-state index is 4.82. The fraction of sp³-hybridized carbons (Fsp3) is 0.167. The summed E-state index contributed by atoms with van der Waals surface area (Å²) >= 11 is 0. The molecule has 4 heteroatoms. The minimum absolute atomic E-state index is 0. The average Bonchev–Trinajstić information content (AvgIpc) is 1.91. The lowest BCUT2D eigenvalue weighted by molar-refractivity contribution is 0.121. The highest BCUT2D eigenvalue weighted by molar-refractivity contribution is 5.85. The molecule has 1 aromatic rings. The van der Waals surface area contributed by atoms with Crippen molar-refractivity contribution in [1.29, 1.82) is 0 Å². The number of hydrogen-bond acceptors (Lipinski definition) is 3. The van der Waals surface area contributed by atoms with Crippen LogP contribution in [0.3, 0.4) is 0 Å². The van der Waals surface area contributed by atoms with E-state index in [-0.39, 0.29) is 12.4 Å². The Morgan fingerprint density at radius 3 is 2.80 bits per heavy atom. The minimum atomic E-state index is 0. The molecule has 56 valence electrons. The first-order valence-corrected chi connectivity index (χ1v) is 2.65. The summed E-state index contributed by atoms with van der Waals surface area (Å²) in [5, 5.41) is 0. The summed E-state index contributed by atoms with van der Waals surface area (Å²) < 4.78 is 0. The van der Waals surface area contributed by atoms with Crippen LogP contribution in [0, 0.1) is 0 Å². The molecule has 1 heterocycles. The average molecular weight is 161 g/mol. The molecule has 10 heavy (non-hydrogen) atoms. The Balaban J connectivity index is 0.000000810. The van der Waals surface area contributed by atoms with Gasteiger partial charge in [-0.05, 0) is 12.1 Å². The van der Waals surface area contributed by atoms with Gasteiger partial charge in [0.1, 0.15) is 6.61 Å². The predicted octanol–water partition coefficient (Wildman–Crippen LogP) is 0.894. The van der Waals surface area contributed by atoms with Crippen LogP contribution in [0.5, 0.6) is 0 Å². The topological polar surface area (TPSA) is 48.1 Å². The van der Waals surface area contributed by atoms with Crippen LogP contribution in [0.2, 0.25) is 0 Å². The van der Waals surface area contributed by atoms with Gasteiger partial charge in [-0.3, -0.25) is 9.82 Å². The SMILES string of the molecule is Cl.NOCc1ccccn1. The van der Waals surface area contributed by atoms with Crippen molar-refractivity contribution >= 4 is 12.4 Å². The Morgan fingerprint density at radius 1 is 1.50 bits per heavy atom. The summed E-state index contributed by atoms with van der Waals surface area (Å²) in [5.41, 5.74) is 0.847. The first kappa shape index (κ1) is 9.36. The molecule has 0 aliphatic rings. The number of aromatic nitrogens is 1. The lowest BCUT2D eigenvalue weighted by atomic mass is 10.4. The molecule has 0 radical (unpaired) electrons. The molecular weight excluding hydrogens is 152 g/mol. The Bertz CT molecular complexity index is 169. The van der Waals surface area contributed by atoms with E-state index in [1.54, 1.807) is 6.20 Å². The van der Waals surface area contributed by atoms with Gasteiger partial charge < -0.3 is 0 Å². The van der Waals surface area contributed by atoms with Crippen LogP contribution in [-0.4, -0.2) is 4.98 Å². The van der Waals surface area contributed by atoms with E-state index in [1.807, 2.05) is 18.2 Å². The molecule has 0 spiro atoms. The number of halogens is 1. The molecule has 0 aliphatic heterocycles. The molecule has 0 saturated carbocycles. The van der Waals surface area contributed by atoms with Crippen LogP contribution in [0.25, 0.3) is 0 Å². The normalized spacial score (nSPS) is 8.50. The number of pyridine rings is 1. The van der Waals surface area contributed by atoms with Crippen molar-refractivity contribution in [2.45, 2.75) is 6.61 Å². The second-order valence-electron chi connectivity index (χ2n) is 1.63. The second kappa shape index (κ2) is 5.17. The Kier molecular flexibility index (Phi) is 4.84. The van der Waals surface area contributed by atoms with Crippen molar-refractivity contribution in [3.63, 3.8) is 0 Å². The third-order valence-corrected chi connectivity index (χ3v) is 0.957. The van der Waals surface area contributed by atoms with E-state index >= 15 is 0 Å². The van der Waals surface area contributed by atoms with Gasteiger partial charge in [-0.1, -0.05) is 6.07 Å². The van der Waals surface area contributed by atoms with Gasteiger partial charge in [-0.15, -0.1) is 12.4 Å². The molecule has 0 amide bonds. The van der Waals surface area contributed by atoms with Crippen molar-refractivity contribution in [3.8, 4) is 0 Å². The molecule has 0 aliphatic carbocycles. The van der Waals surface area contributed by atoms with Gasteiger partial charge in [0.25, 0.3) is 0 Å². The van der Waals surface area contributed by atoms with Gasteiger partial charge >= 0.3 is 0 Å². The van der Waals surface area contributed by atoms with E-state index in [0.29, 0.717) is 6.61 Å². The zero-order chi connectivity index (χ0) is 6.53. The molecule has 0 saturated heterocycles. The fourth-order valence-corrected chi connectivity index (χ4v) is 0.569. The van der Waals surface area contributed by atoms with Crippen molar-refractivity contribution in [1.82, 2.24) is 4.98 Å². The summed E-state index contributed by atoms with van der Waals surface area (Å²) in [5.74, 6) is 4.82. The molecule has 0 aromatic carbocycles. The summed E-state index contributed by atoms with van der Waals surface area (Å²) in [4.78, 5) is 8.33. The molecule has 3 nitrogen and oxygen atoms in total. The van der Waals surface area contributed by atoms with Gasteiger partial charge in [-0.2, -0.15) is 0 Å². The molecule has 0 unspecified atom stereocenters. The maximum atomic E-state index is 4.82. The zero-order valence-electron chi connectivity index (χ0n) is 5.36. The third kappa shape index (κ3) is 2.77. The van der Waals surface area contributed by atoms with Gasteiger partial charge in [0.05, 0.1) is 5.69 Å². The largest absolute Gasteiger partial charge is 0.298 e. The molecule has 2 N–H and O–H groups in total. The van der Waals surface area contributed by atoms with Gasteiger partial charge in [0.15, 0.2) is 0 Å². The summed E-state index contributed by atoms with van der Waals surface area (Å²) in [6, 6.07) is 5.59. The van der Waals surface area contributed by atoms with Gasteiger partial charge in [-0.25, -0.2) is 5.90 Å². The van der Waals surface area contributed by atoms with Crippen molar-refractivity contribution < 1.29 is 4.84 Å². The van der Waals surface area contributed by atoms with Crippen LogP contribution in [-0.2, 0) is 11.4 Å². The van der Waals surface area contributed by atoms with Crippen LogP contribution in [0.1, 0.15) is 5.69 Å². The van der Waals surface area contributed by atoms with Crippen LogP contribution in [0.15, 0.2) is 24.4 Å². The lowest BCUT2D eigenvalue weighted by Crippen LogP contribution is -1.99. The van der Waals surface area contributed by atoms with Crippen molar-refractivity contribution in [2.75, 3.05) is 0 Å². The Hall–Kier alpha value is -0.640. The van der Waals surface area contributed by atoms with Gasteiger partial charge in [0, 0.05) is 6.20 Å². The van der Waals surface area contributed by atoms with E-state index in [1.165, 1.54) is 0 Å². The number of nitrogens with zero attached hydrogens (tertiary/aromatic N) is 1. The second-order valence-corrected chi connectivity index (χ2v) is 1.63. The molecule has 0 bridgehead atoms. The summed E-state index contributed by atoms with van der Waals surface area (Å²) in [7, 11) is 0. The molecule has 0 atom stereocenters. The number of hydrogen-bond donors (Lipinski definition) is 1. The van der Waals surface area contributed by atoms with Crippen LogP contribution >= 0.6 is 12.4 Å². The monoisotopic (exact) mass is 160 g/mol.